The Morgan fingerprint density at radius 2 is 1.68 bits per heavy atom. The highest BCUT2D eigenvalue weighted by atomic mass is 19.1. The fourth-order valence-electron chi connectivity index (χ4n) is 2.98. The summed E-state index contributed by atoms with van der Waals surface area (Å²) in [4.78, 5) is 28.9. The minimum Gasteiger partial charge on any atom is -0.325 e. The van der Waals surface area contributed by atoms with E-state index >= 15 is 0 Å². The van der Waals surface area contributed by atoms with Gasteiger partial charge < -0.3 is 5.32 Å². The quantitative estimate of drug-likeness (QED) is 0.591. The Bertz CT molecular complexity index is 1200. The number of amides is 1. The largest absolute Gasteiger partial charge is 0.325 e. The van der Waals surface area contributed by atoms with Crippen LogP contribution in [0.4, 0.5) is 10.1 Å². The standard InChI is InChI=1S/C22H16FN3O2/c23-17-8-11-20-19(12-17)22(28)26(14-24-20)13-21(27)25-18-9-6-16(7-10-18)15-4-2-1-3-5-15/h1-12,14H,13H2,(H,25,27). The van der Waals surface area contributed by atoms with Crippen LogP contribution in [-0.2, 0) is 11.3 Å². The molecular formula is C22H16FN3O2. The number of hydrogen-bond donors (Lipinski definition) is 1. The Morgan fingerprint density at radius 1 is 0.964 bits per heavy atom. The van der Waals surface area contributed by atoms with Crippen LogP contribution in [0.1, 0.15) is 0 Å². The summed E-state index contributed by atoms with van der Waals surface area (Å²) in [7, 11) is 0. The minimum atomic E-state index is -0.521. The highest BCUT2D eigenvalue weighted by Crippen LogP contribution is 2.21. The number of aromatic nitrogens is 2. The van der Waals surface area contributed by atoms with Gasteiger partial charge in [0.2, 0.25) is 5.91 Å². The number of carbonyl (C=O) groups excluding carboxylic acids is 1. The fraction of sp³-hybridized carbons (Fsp3) is 0.0455. The van der Waals surface area contributed by atoms with Crippen LogP contribution in [0.25, 0.3) is 22.0 Å². The number of nitrogens with one attached hydrogen (secondary N) is 1. The molecule has 0 bridgehead atoms. The minimum absolute atomic E-state index is 0.141. The van der Waals surface area contributed by atoms with Gasteiger partial charge in [-0.2, -0.15) is 0 Å². The Balaban J connectivity index is 1.49. The summed E-state index contributed by atoms with van der Waals surface area (Å²) in [5.74, 6) is -0.890. The molecule has 0 saturated carbocycles. The third-order valence-electron chi connectivity index (χ3n) is 4.38. The van der Waals surface area contributed by atoms with Gasteiger partial charge in [-0.3, -0.25) is 14.2 Å². The van der Waals surface area contributed by atoms with Crippen molar-refractivity contribution in [2.24, 2.45) is 0 Å². The normalized spacial score (nSPS) is 10.8. The van der Waals surface area contributed by atoms with Gasteiger partial charge in [-0.15, -0.1) is 0 Å². The molecule has 0 aliphatic heterocycles. The lowest BCUT2D eigenvalue weighted by Gasteiger charge is -2.09. The van der Waals surface area contributed by atoms with Crippen molar-refractivity contribution >= 4 is 22.5 Å². The first-order chi connectivity index (χ1) is 13.6. The number of fused-ring (bicyclic) bond motifs is 1. The van der Waals surface area contributed by atoms with Gasteiger partial charge in [0.05, 0.1) is 17.2 Å². The molecule has 0 unspecified atom stereocenters. The smallest absolute Gasteiger partial charge is 0.261 e. The first-order valence-corrected chi connectivity index (χ1v) is 8.70. The van der Waals surface area contributed by atoms with Crippen molar-refractivity contribution in [3.63, 3.8) is 0 Å². The lowest BCUT2D eigenvalue weighted by atomic mass is 10.1. The van der Waals surface area contributed by atoms with Crippen LogP contribution in [-0.4, -0.2) is 15.5 Å². The molecule has 0 atom stereocenters. The molecule has 0 aliphatic carbocycles. The molecule has 0 fully saturated rings. The van der Waals surface area contributed by atoms with Crippen LogP contribution >= 0.6 is 0 Å². The van der Waals surface area contributed by atoms with Crippen molar-refractivity contribution in [2.75, 3.05) is 5.32 Å². The maximum absolute atomic E-state index is 13.4. The number of nitrogens with zero attached hydrogens (tertiary/aromatic N) is 2. The van der Waals surface area contributed by atoms with Crippen LogP contribution in [0.5, 0.6) is 0 Å². The van der Waals surface area contributed by atoms with E-state index in [1.165, 1.54) is 18.5 Å². The molecule has 6 heteroatoms. The summed E-state index contributed by atoms with van der Waals surface area (Å²) in [5, 5.41) is 2.90. The summed E-state index contributed by atoms with van der Waals surface area (Å²) >= 11 is 0. The molecule has 1 aromatic heterocycles. The molecule has 1 heterocycles. The second-order valence-corrected chi connectivity index (χ2v) is 6.33. The average molecular weight is 373 g/mol. The number of carbonyl (C=O) groups is 1. The first-order valence-electron chi connectivity index (χ1n) is 8.70. The highest BCUT2D eigenvalue weighted by molar-refractivity contribution is 5.91. The Kier molecular flexibility index (Phi) is 4.68. The second-order valence-electron chi connectivity index (χ2n) is 6.33. The lowest BCUT2D eigenvalue weighted by Crippen LogP contribution is -2.28. The SMILES string of the molecule is O=C(Cn1cnc2ccc(F)cc2c1=O)Nc1ccc(-c2ccccc2)cc1. The van der Waals surface area contributed by atoms with E-state index in [-0.39, 0.29) is 17.8 Å². The molecule has 1 N–H and O–H groups in total. The van der Waals surface area contributed by atoms with Crippen molar-refractivity contribution in [1.82, 2.24) is 9.55 Å². The van der Waals surface area contributed by atoms with Crippen molar-refractivity contribution < 1.29 is 9.18 Å². The van der Waals surface area contributed by atoms with E-state index in [2.05, 4.69) is 10.3 Å². The molecule has 138 valence electrons. The van der Waals surface area contributed by atoms with Gasteiger partial charge in [0.15, 0.2) is 0 Å². The van der Waals surface area contributed by atoms with Crippen LogP contribution in [0.2, 0.25) is 0 Å². The molecule has 3 aromatic carbocycles. The van der Waals surface area contributed by atoms with E-state index in [0.717, 1.165) is 21.8 Å². The summed E-state index contributed by atoms with van der Waals surface area (Å²) in [6, 6.07) is 21.1. The van der Waals surface area contributed by atoms with E-state index in [0.29, 0.717) is 11.2 Å². The topological polar surface area (TPSA) is 64.0 Å². The summed E-state index contributed by atoms with van der Waals surface area (Å²) in [5.41, 5.74) is 2.67. The zero-order chi connectivity index (χ0) is 19.5. The van der Waals surface area contributed by atoms with Crippen molar-refractivity contribution in [3.05, 3.63) is 95.3 Å². The highest BCUT2D eigenvalue weighted by Gasteiger charge is 2.09. The van der Waals surface area contributed by atoms with Crippen LogP contribution in [0, 0.1) is 5.82 Å². The van der Waals surface area contributed by atoms with Crippen LogP contribution in [0.3, 0.4) is 0 Å². The van der Waals surface area contributed by atoms with Crippen LogP contribution in [0.15, 0.2) is 83.9 Å². The summed E-state index contributed by atoms with van der Waals surface area (Å²) in [6.07, 6.45) is 1.29. The zero-order valence-corrected chi connectivity index (χ0v) is 14.8. The van der Waals surface area contributed by atoms with Crippen LogP contribution < -0.4 is 10.9 Å². The van der Waals surface area contributed by atoms with Crippen molar-refractivity contribution in [2.45, 2.75) is 6.54 Å². The Hall–Kier alpha value is -3.80. The van der Waals surface area contributed by atoms with Gasteiger partial charge >= 0.3 is 0 Å². The van der Waals surface area contributed by atoms with Gasteiger partial charge in [0.1, 0.15) is 12.4 Å². The van der Waals surface area contributed by atoms with E-state index in [1.54, 1.807) is 12.1 Å². The molecule has 0 saturated heterocycles. The third-order valence-corrected chi connectivity index (χ3v) is 4.38. The lowest BCUT2D eigenvalue weighted by molar-refractivity contribution is -0.116. The summed E-state index contributed by atoms with van der Waals surface area (Å²) < 4.78 is 14.6. The first kappa shape index (κ1) is 17.6. The Labute approximate surface area is 160 Å². The van der Waals surface area contributed by atoms with Gasteiger partial charge in [0.25, 0.3) is 5.56 Å². The molecule has 4 rings (SSSR count). The molecule has 1 amide bonds. The van der Waals surface area contributed by atoms with E-state index in [9.17, 15) is 14.0 Å². The molecule has 0 radical (unpaired) electrons. The maximum atomic E-state index is 13.4. The van der Waals surface area contributed by atoms with E-state index in [4.69, 9.17) is 0 Å². The van der Waals surface area contributed by atoms with Gasteiger partial charge in [-0.1, -0.05) is 42.5 Å². The predicted octanol–water partition coefficient (Wildman–Crippen LogP) is 3.84. The average Bonchev–Trinajstić information content (AvgIpc) is 2.72. The molecular weight excluding hydrogens is 357 g/mol. The molecule has 4 aromatic rings. The molecule has 0 aliphatic rings. The molecule has 5 nitrogen and oxygen atoms in total. The monoisotopic (exact) mass is 373 g/mol. The number of anilines is 1. The number of benzene rings is 3. The number of halogens is 1. The zero-order valence-electron chi connectivity index (χ0n) is 14.8. The van der Waals surface area contributed by atoms with Gasteiger partial charge in [0, 0.05) is 5.69 Å². The molecule has 0 spiro atoms. The number of rotatable bonds is 4. The molecule has 28 heavy (non-hydrogen) atoms. The van der Waals surface area contributed by atoms with Gasteiger partial charge in [-0.05, 0) is 41.5 Å². The Morgan fingerprint density at radius 3 is 2.43 bits per heavy atom. The second kappa shape index (κ2) is 7.44. The van der Waals surface area contributed by atoms with E-state index < -0.39 is 11.4 Å². The van der Waals surface area contributed by atoms with Crippen molar-refractivity contribution in [1.29, 1.82) is 0 Å². The summed E-state index contributed by atoms with van der Waals surface area (Å²) in [6.45, 7) is -0.210. The third kappa shape index (κ3) is 3.66. The van der Waals surface area contributed by atoms with E-state index in [1.807, 2.05) is 42.5 Å². The predicted molar refractivity (Wildman–Crippen MR) is 106 cm³/mol. The van der Waals surface area contributed by atoms with Crippen molar-refractivity contribution in [3.8, 4) is 11.1 Å². The van der Waals surface area contributed by atoms with Gasteiger partial charge in [-0.25, -0.2) is 9.37 Å². The maximum Gasteiger partial charge on any atom is 0.261 e. The fourth-order valence-corrected chi connectivity index (χ4v) is 2.98. The number of hydrogen-bond acceptors (Lipinski definition) is 3.